The molecule has 0 radical (unpaired) electrons. The van der Waals surface area contributed by atoms with Gasteiger partial charge in [-0.2, -0.15) is 5.10 Å². The van der Waals surface area contributed by atoms with Gasteiger partial charge >= 0.3 is 0 Å². The van der Waals surface area contributed by atoms with Gasteiger partial charge in [0.15, 0.2) is 5.65 Å². The monoisotopic (exact) mass is 289 g/mol. The molecular formula is C17H15N5. The zero-order valence-electron chi connectivity index (χ0n) is 12.2. The third kappa shape index (κ3) is 2.07. The average Bonchev–Trinajstić information content (AvgIpc) is 3.03. The molecule has 0 saturated heterocycles. The molecule has 108 valence electrons. The molecule has 5 nitrogen and oxygen atoms in total. The number of nitrogens with zero attached hydrogens (tertiary/aromatic N) is 4. The van der Waals surface area contributed by atoms with Crippen molar-refractivity contribution in [2.75, 3.05) is 11.9 Å². The summed E-state index contributed by atoms with van der Waals surface area (Å²) in [7, 11) is 2.07. The molecule has 4 rings (SSSR count). The van der Waals surface area contributed by atoms with E-state index < -0.39 is 0 Å². The van der Waals surface area contributed by atoms with Gasteiger partial charge in [-0.15, -0.1) is 0 Å². The summed E-state index contributed by atoms with van der Waals surface area (Å²) in [6, 6.07) is 12.4. The number of aromatic nitrogens is 4. The first-order valence-electron chi connectivity index (χ1n) is 7.15. The lowest BCUT2D eigenvalue weighted by Crippen LogP contribution is -2.17. The van der Waals surface area contributed by atoms with Gasteiger partial charge in [0.05, 0.1) is 22.8 Å². The topological polar surface area (TPSA) is 57.7 Å². The van der Waals surface area contributed by atoms with E-state index >= 15 is 0 Å². The van der Waals surface area contributed by atoms with Crippen LogP contribution in [0.4, 0.5) is 5.69 Å². The zero-order valence-corrected chi connectivity index (χ0v) is 12.2. The Kier molecular flexibility index (Phi) is 2.96. The van der Waals surface area contributed by atoms with Crippen molar-refractivity contribution >= 4 is 27.6 Å². The Labute approximate surface area is 127 Å². The largest absolute Gasteiger partial charge is 0.369 e. The molecule has 0 aliphatic heterocycles. The van der Waals surface area contributed by atoms with Crippen LogP contribution >= 0.6 is 0 Å². The van der Waals surface area contributed by atoms with E-state index in [1.54, 1.807) is 6.20 Å². The van der Waals surface area contributed by atoms with Crippen molar-refractivity contribution in [3.05, 3.63) is 60.6 Å². The van der Waals surface area contributed by atoms with Crippen molar-refractivity contribution in [2.45, 2.75) is 6.54 Å². The molecule has 0 spiro atoms. The number of hydrogen-bond acceptors (Lipinski definition) is 4. The van der Waals surface area contributed by atoms with Crippen LogP contribution in [0.3, 0.4) is 0 Å². The molecule has 0 bridgehead atoms. The number of pyridine rings is 2. The van der Waals surface area contributed by atoms with Crippen LogP contribution < -0.4 is 4.90 Å². The fourth-order valence-electron chi connectivity index (χ4n) is 2.81. The van der Waals surface area contributed by atoms with Crippen LogP contribution in [0.15, 0.2) is 55.0 Å². The first-order chi connectivity index (χ1) is 10.8. The molecule has 0 unspecified atom stereocenters. The van der Waals surface area contributed by atoms with Gasteiger partial charge in [-0.05, 0) is 17.7 Å². The number of anilines is 1. The maximum absolute atomic E-state index is 4.52. The molecule has 3 aromatic heterocycles. The van der Waals surface area contributed by atoms with Gasteiger partial charge in [-0.3, -0.25) is 10.1 Å². The highest BCUT2D eigenvalue weighted by atomic mass is 15.2. The molecule has 0 aliphatic carbocycles. The number of nitrogens with one attached hydrogen (secondary N) is 1. The number of aromatic amines is 1. The molecule has 0 amide bonds. The van der Waals surface area contributed by atoms with E-state index in [0.717, 1.165) is 34.2 Å². The van der Waals surface area contributed by atoms with Gasteiger partial charge in [0, 0.05) is 31.4 Å². The van der Waals surface area contributed by atoms with Crippen LogP contribution in [0.5, 0.6) is 0 Å². The SMILES string of the molecule is CN(Cc1cccc2cccnc12)c1ccnc2[nH]ncc12. The maximum Gasteiger partial charge on any atom is 0.157 e. The fraction of sp³-hybridized carbons (Fsp3) is 0.118. The predicted molar refractivity (Wildman–Crippen MR) is 87.7 cm³/mol. The minimum Gasteiger partial charge on any atom is -0.369 e. The smallest absolute Gasteiger partial charge is 0.157 e. The molecule has 5 heteroatoms. The third-order valence-corrected chi connectivity index (χ3v) is 3.87. The molecule has 1 aromatic carbocycles. The van der Waals surface area contributed by atoms with E-state index in [1.165, 1.54) is 5.56 Å². The molecule has 4 aromatic rings. The van der Waals surface area contributed by atoms with E-state index in [1.807, 2.05) is 24.5 Å². The van der Waals surface area contributed by atoms with Gasteiger partial charge in [-0.25, -0.2) is 4.98 Å². The van der Waals surface area contributed by atoms with Crippen molar-refractivity contribution in [2.24, 2.45) is 0 Å². The molecule has 0 fully saturated rings. The summed E-state index contributed by atoms with van der Waals surface area (Å²) in [5.74, 6) is 0. The third-order valence-electron chi connectivity index (χ3n) is 3.87. The molecule has 1 N–H and O–H groups in total. The van der Waals surface area contributed by atoms with Crippen LogP contribution in [-0.4, -0.2) is 27.2 Å². The Morgan fingerprint density at radius 1 is 1.05 bits per heavy atom. The molecule has 0 atom stereocenters. The van der Waals surface area contributed by atoms with Crippen molar-refractivity contribution in [1.82, 2.24) is 20.2 Å². The standard InChI is InChI=1S/C17H15N5/c1-22(15-7-9-19-17-14(15)10-20-21-17)11-13-5-2-4-12-6-3-8-18-16(12)13/h2-10H,11H2,1H3,(H,19,20,21). The number of benzene rings is 1. The van der Waals surface area contributed by atoms with E-state index in [0.29, 0.717) is 0 Å². The summed E-state index contributed by atoms with van der Waals surface area (Å²) >= 11 is 0. The highest BCUT2D eigenvalue weighted by Gasteiger charge is 2.10. The van der Waals surface area contributed by atoms with Gasteiger partial charge in [0.1, 0.15) is 0 Å². The minimum absolute atomic E-state index is 0.776. The van der Waals surface area contributed by atoms with Crippen LogP contribution in [-0.2, 0) is 6.54 Å². The van der Waals surface area contributed by atoms with E-state index in [2.05, 4.69) is 56.4 Å². The summed E-state index contributed by atoms with van der Waals surface area (Å²) in [4.78, 5) is 11.0. The Balaban J connectivity index is 1.75. The lowest BCUT2D eigenvalue weighted by Gasteiger charge is -2.20. The quantitative estimate of drug-likeness (QED) is 0.629. The molecular weight excluding hydrogens is 274 g/mol. The average molecular weight is 289 g/mol. The second kappa shape index (κ2) is 5.11. The van der Waals surface area contributed by atoms with Crippen LogP contribution in [0.25, 0.3) is 21.9 Å². The predicted octanol–water partition coefficient (Wildman–Crippen LogP) is 3.14. The molecule has 3 heterocycles. The van der Waals surface area contributed by atoms with E-state index in [4.69, 9.17) is 0 Å². The summed E-state index contributed by atoms with van der Waals surface area (Å²) < 4.78 is 0. The Hall–Kier alpha value is -2.95. The second-order valence-corrected chi connectivity index (χ2v) is 5.31. The number of hydrogen-bond donors (Lipinski definition) is 1. The van der Waals surface area contributed by atoms with Gasteiger partial charge < -0.3 is 4.90 Å². The minimum atomic E-state index is 0.776. The normalized spacial score (nSPS) is 11.1. The Bertz CT molecular complexity index is 939. The summed E-state index contributed by atoms with van der Waals surface area (Å²) in [6.45, 7) is 0.776. The van der Waals surface area contributed by atoms with Crippen molar-refractivity contribution in [3.8, 4) is 0 Å². The number of para-hydroxylation sites is 1. The molecule has 0 aliphatic rings. The van der Waals surface area contributed by atoms with E-state index in [-0.39, 0.29) is 0 Å². The van der Waals surface area contributed by atoms with Crippen molar-refractivity contribution in [1.29, 1.82) is 0 Å². The van der Waals surface area contributed by atoms with Gasteiger partial charge in [0.2, 0.25) is 0 Å². The van der Waals surface area contributed by atoms with Crippen LogP contribution in [0, 0.1) is 0 Å². The highest BCUT2D eigenvalue weighted by Crippen LogP contribution is 2.25. The first-order valence-corrected chi connectivity index (χ1v) is 7.15. The van der Waals surface area contributed by atoms with Crippen LogP contribution in [0.2, 0.25) is 0 Å². The van der Waals surface area contributed by atoms with Crippen molar-refractivity contribution in [3.63, 3.8) is 0 Å². The zero-order chi connectivity index (χ0) is 14.9. The molecule has 0 saturated carbocycles. The maximum atomic E-state index is 4.52. The molecule has 22 heavy (non-hydrogen) atoms. The summed E-state index contributed by atoms with van der Waals surface area (Å²) in [6.07, 6.45) is 5.45. The number of H-pyrrole nitrogens is 1. The fourth-order valence-corrected chi connectivity index (χ4v) is 2.81. The lowest BCUT2D eigenvalue weighted by molar-refractivity contribution is 0.931. The van der Waals surface area contributed by atoms with Crippen LogP contribution in [0.1, 0.15) is 5.56 Å². The van der Waals surface area contributed by atoms with Gasteiger partial charge in [0.25, 0.3) is 0 Å². The number of rotatable bonds is 3. The lowest BCUT2D eigenvalue weighted by atomic mass is 10.1. The summed E-state index contributed by atoms with van der Waals surface area (Å²) in [5.41, 5.74) is 4.16. The first kappa shape index (κ1) is 12.8. The highest BCUT2D eigenvalue weighted by molar-refractivity contribution is 5.89. The Morgan fingerprint density at radius 2 is 1.95 bits per heavy atom. The van der Waals surface area contributed by atoms with Crippen molar-refractivity contribution < 1.29 is 0 Å². The number of fused-ring (bicyclic) bond motifs is 2. The second-order valence-electron chi connectivity index (χ2n) is 5.31. The van der Waals surface area contributed by atoms with E-state index in [9.17, 15) is 0 Å². The van der Waals surface area contributed by atoms with Gasteiger partial charge in [-0.1, -0.05) is 24.3 Å². The summed E-state index contributed by atoms with van der Waals surface area (Å²) in [5, 5.41) is 9.17. The Morgan fingerprint density at radius 3 is 2.91 bits per heavy atom.